The Labute approximate surface area is 265 Å². The van der Waals surface area contributed by atoms with E-state index in [1.165, 1.54) is 0 Å². The molecule has 0 aromatic heterocycles. The van der Waals surface area contributed by atoms with E-state index in [-0.39, 0.29) is 31.2 Å². The van der Waals surface area contributed by atoms with Gasteiger partial charge in [-0.05, 0) is 22.3 Å². The Morgan fingerprint density at radius 1 is 0.622 bits per heavy atom. The maximum atomic E-state index is 12.4. The number of hydrogen-bond donors (Lipinski definition) is 0. The van der Waals surface area contributed by atoms with Gasteiger partial charge in [0.2, 0.25) is 6.04 Å². The summed E-state index contributed by atoms with van der Waals surface area (Å²) in [6, 6.07) is 38.3. The van der Waals surface area contributed by atoms with Gasteiger partial charge in [0.25, 0.3) is 0 Å². The Morgan fingerprint density at radius 3 is 1.44 bits per heavy atom. The first kappa shape index (κ1) is 32.5. The molecule has 8 nitrogen and oxygen atoms in total. The van der Waals surface area contributed by atoms with E-state index in [1.54, 1.807) is 6.92 Å². The highest BCUT2D eigenvalue weighted by Gasteiger charge is 2.53. The first-order chi connectivity index (χ1) is 22.1. The standard InChI is InChI=1S/C37H41NO7/c1-2-32(38(39)40)34-36(43-25-30-19-11-5-12-20-30)37(44-26-31-21-13-6-14-22-31)35(42-24-29-17-9-4-10-18-29)33(45-34)27-41-23-28-15-7-3-8-16-28/h3-22,32-37H,2,23-27H2,1H3/t32?,33-,34+,35+,36-,37-/m0/s1. The quantitative estimate of drug-likeness (QED) is 0.102. The van der Waals surface area contributed by atoms with Gasteiger partial charge in [-0.25, -0.2) is 0 Å². The van der Waals surface area contributed by atoms with E-state index in [1.807, 2.05) is 121 Å². The van der Waals surface area contributed by atoms with E-state index in [2.05, 4.69) is 0 Å². The van der Waals surface area contributed by atoms with Crippen molar-refractivity contribution in [3.63, 3.8) is 0 Å². The van der Waals surface area contributed by atoms with E-state index in [9.17, 15) is 10.1 Å². The van der Waals surface area contributed by atoms with Crippen molar-refractivity contribution >= 4 is 0 Å². The summed E-state index contributed by atoms with van der Waals surface area (Å²) in [6.07, 6.45) is -3.37. The van der Waals surface area contributed by atoms with Crippen LogP contribution in [0.3, 0.4) is 0 Å². The molecule has 0 saturated carbocycles. The highest BCUT2D eigenvalue weighted by atomic mass is 16.6. The lowest BCUT2D eigenvalue weighted by Gasteiger charge is -2.46. The van der Waals surface area contributed by atoms with Gasteiger partial charge in [-0.2, -0.15) is 0 Å². The monoisotopic (exact) mass is 611 g/mol. The third-order valence-corrected chi connectivity index (χ3v) is 7.99. The van der Waals surface area contributed by atoms with E-state index in [0.717, 1.165) is 22.3 Å². The fourth-order valence-electron chi connectivity index (χ4n) is 5.64. The molecule has 8 heteroatoms. The molecule has 45 heavy (non-hydrogen) atoms. The van der Waals surface area contributed by atoms with Crippen LogP contribution in [0.1, 0.15) is 35.6 Å². The Kier molecular flexibility index (Phi) is 12.2. The summed E-state index contributed by atoms with van der Waals surface area (Å²) in [7, 11) is 0. The smallest absolute Gasteiger partial charge is 0.241 e. The van der Waals surface area contributed by atoms with E-state index < -0.39 is 36.6 Å². The first-order valence-electron chi connectivity index (χ1n) is 15.5. The van der Waals surface area contributed by atoms with Crippen molar-refractivity contribution in [2.45, 2.75) is 76.3 Å². The molecule has 0 bridgehead atoms. The normalized spacial score (nSPS) is 22.1. The average molecular weight is 612 g/mol. The summed E-state index contributed by atoms with van der Waals surface area (Å²) in [5.41, 5.74) is 3.93. The zero-order chi connectivity index (χ0) is 31.3. The molecule has 0 amide bonds. The summed E-state index contributed by atoms with van der Waals surface area (Å²) in [6.45, 7) is 3.15. The van der Waals surface area contributed by atoms with Gasteiger partial charge in [-0.1, -0.05) is 128 Å². The molecule has 1 saturated heterocycles. The van der Waals surface area contributed by atoms with Crippen LogP contribution in [-0.4, -0.2) is 48.1 Å². The second-order valence-corrected chi connectivity index (χ2v) is 11.2. The number of nitro groups is 1. The van der Waals surface area contributed by atoms with Crippen molar-refractivity contribution < 1.29 is 28.6 Å². The fourth-order valence-corrected chi connectivity index (χ4v) is 5.64. The molecule has 0 aliphatic carbocycles. The maximum Gasteiger partial charge on any atom is 0.241 e. The molecular formula is C37H41NO7. The molecule has 1 aliphatic rings. The van der Waals surface area contributed by atoms with Crippen LogP contribution in [0.2, 0.25) is 0 Å². The minimum absolute atomic E-state index is 0.162. The molecule has 0 spiro atoms. The van der Waals surface area contributed by atoms with Gasteiger partial charge in [0.1, 0.15) is 24.4 Å². The summed E-state index contributed by atoms with van der Waals surface area (Å²) in [5, 5.41) is 12.4. The minimum Gasteiger partial charge on any atom is -0.374 e. The average Bonchev–Trinajstić information content (AvgIpc) is 3.08. The van der Waals surface area contributed by atoms with Crippen LogP contribution < -0.4 is 0 Å². The first-order valence-corrected chi connectivity index (χ1v) is 15.5. The molecule has 5 rings (SSSR count). The Balaban J connectivity index is 1.47. The third-order valence-electron chi connectivity index (χ3n) is 7.99. The number of hydrogen-bond acceptors (Lipinski definition) is 7. The molecule has 1 unspecified atom stereocenters. The second kappa shape index (κ2) is 17.0. The van der Waals surface area contributed by atoms with Gasteiger partial charge < -0.3 is 23.7 Å². The van der Waals surface area contributed by atoms with Crippen LogP contribution in [0.4, 0.5) is 0 Å². The maximum absolute atomic E-state index is 12.4. The molecule has 0 radical (unpaired) electrons. The van der Waals surface area contributed by atoms with Crippen LogP contribution in [0.25, 0.3) is 0 Å². The Bertz CT molecular complexity index is 1410. The fraction of sp³-hybridized carbons (Fsp3) is 0.351. The zero-order valence-electron chi connectivity index (χ0n) is 25.6. The van der Waals surface area contributed by atoms with Gasteiger partial charge in [-0.15, -0.1) is 0 Å². The lowest BCUT2D eigenvalue weighted by Crippen LogP contribution is -2.64. The van der Waals surface area contributed by atoms with Crippen molar-refractivity contribution in [3.05, 3.63) is 154 Å². The summed E-state index contributed by atoms with van der Waals surface area (Å²) >= 11 is 0. The number of rotatable bonds is 16. The van der Waals surface area contributed by atoms with Crippen molar-refractivity contribution in [3.8, 4) is 0 Å². The van der Waals surface area contributed by atoms with Gasteiger partial charge in [0.05, 0.1) is 33.0 Å². The van der Waals surface area contributed by atoms with Gasteiger partial charge in [0.15, 0.2) is 6.10 Å². The van der Waals surface area contributed by atoms with Crippen LogP contribution in [0.15, 0.2) is 121 Å². The second-order valence-electron chi connectivity index (χ2n) is 11.2. The summed E-state index contributed by atoms with van der Waals surface area (Å²) in [4.78, 5) is 12.1. The van der Waals surface area contributed by atoms with Gasteiger partial charge in [-0.3, -0.25) is 10.1 Å². The van der Waals surface area contributed by atoms with Crippen molar-refractivity contribution in [2.24, 2.45) is 0 Å². The Hall–Kier alpha value is -3.92. The van der Waals surface area contributed by atoms with Gasteiger partial charge >= 0.3 is 0 Å². The molecule has 1 fully saturated rings. The third kappa shape index (κ3) is 9.29. The number of nitrogens with zero attached hydrogens (tertiary/aromatic N) is 1. The zero-order valence-corrected chi connectivity index (χ0v) is 25.6. The molecule has 1 heterocycles. The lowest BCUT2D eigenvalue weighted by atomic mass is 9.89. The number of benzene rings is 4. The molecule has 6 atom stereocenters. The molecule has 1 aliphatic heterocycles. The van der Waals surface area contributed by atoms with E-state index in [0.29, 0.717) is 13.2 Å². The lowest BCUT2D eigenvalue weighted by molar-refractivity contribution is -0.544. The van der Waals surface area contributed by atoms with Crippen molar-refractivity contribution in [1.82, 2.24) is 0 Å². The molecule has 236 valence electrons. The van der Waals surface area contributed by atoms with Crippen molar-refractivity contribution in [2.75, 3.05) is 6.61 Å². The van der Waals surface area contributed by atoms with Crippen LogP contribution in [-0.2, 0) is 50.1 Å². The highest BCUT2D eigenvalue weighted by molar-refractivity contribution is 5.16. The SMILES string of the molecule is CCC([C@H]1O[C@@H](COCc2ccccc2)[C@@H](OCc2ccccc2)[C@H](OCc2ccccc2)[C@H]1OCc1ccccc1)[N+](=O)[O-]. The van der Waals surface area contributed by atoms with E-state index >= 15 is 0 Å². The minimum atomic E-state index is -1.01. The predicted octanol–water partition coefficient (Wildman–Crippen LogP) is 6.78. The Morgan fingerprint density at radius 2 is 1.02 bits per heavy atom. The highest BCUT2D eigenvalue weighted by Crippen LogP contribution is 2.33. The summed E-state index contributed by atoms with van der Waals surface area (Å²) < 4.78 is 32.6. The van der Waals surface area contributed by atoms with Crippen LogP contribution in [0.5, 0.6) is 0 Å². The molecule has 0 N–H and O–H groups in total. The molecular weight excluding hydrogens is 570 g/mol. The van der Waals surface area contributed by atoms with Gasteiger partial charge in [0, 0.05) is 11.3 Å². The molecule has 4 aromatic rings. The predicted molar refractivity (Wildman–Crippen MR) is 171 cm³/mol. The van der Waals surface area contributed by atoms with Crippen LogP contribution >= 0.6 is 0 Å². The largest absolute Gasteiger partial charge is 0.374 e. The van der Waals surface area contributed by atoms with Crippen molar-refractivity contribution in [1.29, 1.82) is 0 Å². The van der Waals surface area contributed by atoms with Crippen LogP contribution in [0, 0.1) is 10.1 Å². The molecule has 4 aromatic carbocycles. The summed E-state index contributed by atoms with van der Waals surface area (Å²) in [5.74, 6) is 0. The van der Waals surface area contributed by atoms with E-state index in [4.69, 9.17) is 23.7 Å². The topological polar surface area (TPSA) is 89.3 Å². The number of ether oxygens (including phenoxy) is 5.